The first-order chi connectivity index (χ1) is 9.87. The molecule has 2 aromatic rings. The second kappa shape index (κ2) is 6.05. The van der Waals surface area contributed by atoms with Gasteiger partial charge in [0, 0.05) is 19.8 Å². The maximum atomic E-state index is 12.5. The summed E-state index contributed by atoms with van der Waals surface area (Å²) in [5.74, 6) is 0. The molecule has 0 radical (unpaired) electrons. The molecule has 6 nitrogen and oxygen atoms in total. The number of halogens is 1. The Bertz CT molecular complexity index is 756. The predicted molar refractivity (Wildman–Crippen MR) is 82.7 cm³/mol. The van der Waals surface area contributed by atoms with E-state index in [4.69, 9.17) is 17.3 Å². The molecule has 1 aromatic carbocycles. The molecule has 0 amide bonds. The number of hydrogen-bond donors (Lipinski definition) is 2. The van der Waals surface area contributed by atoms with Gasteiger partial charge >= 0.3 is 0 Å². The van der Waals surface area contributed by atoms with Crippen LogP contribution in [0.3, 0.4) is 0 Å². The third-order valence-electron chi connectivity index (χ3n) is 3.01. The lowest BCUT2D eigenvalue weighted by Gasteiger charge is -2.10. The normalized spacial score (nSPS) is 11.6. The maximum absolute atomic E-state index is 12.5. The number of nitrogens with one attached hydrogen (secondary N) is 1. The smallest absolute Gasteiger partial charge is 0.263 e. The van der Waals surface area contributed by atoms with Gasteiger partial charge in [0.1, 0.15) is 4.90 Å². The fourth-order valence-corrected chi connectivity index (χ4v) is 3.58. The lowest BCUT2D eigenvalue weighted by Crippen LogP contribution is -2.15. The Hall–Kier alpha value is -1.57. The van der Waals surface area contributed by atoms with Gasteiger partial charge in [0.15, 0.2) is 0 Å². The minimum atomic E-state index is -3.79. The van der Waals surface area contributed by atoms with E-state index in [0.29, 0.717) is 23.4 Å². The van der Waals surface area contributed by atoms with E-state index in [0.717, 1.165) is 0 Å². The summed E-state index contributed by atoms with van der Waals surface area (Å²) >= 11 is 6.00. The molecule has 0 bridgehead atoms. The molecular weight excluding hydrogens is 312 g/mol. The Morgan fingerprint density at radius 1 is 1.43 bits per heavy atom. The molecule has 0 spiro atoms. The zero-order chi connectivity index (χ0) is 15.6. The number of rotatable bonds is 5. The summed E-state index contributed by atoms with van der Waals surface area (Å²) < 4.78 is 29.1. The standard InChI is InChI=1S/C13H17ClN4O2S/c1-3-11-12(8-18(2)16-11)17-21(19,20)13-6-9(7-15)4-5-10(13)14/h4-6,8,17H,3,7,15H2,1-2H3. The van der Waals surface area contributed by atoms with Crippen LogP contribution < -0.4 is 10.5 Å². The first kappa shape index (κ1) is 15.8. The van der Waals surface area contributed by atoms with Crippen LogP contribution in [-0.2, 0) is 30.0 Å². The molecule has 8 heteroatoms. The van der Waals surface area contributed by atoms with Gasteiger partial charge in [-0.25, -0.2) is 8.42 Å². The zero-order valence-corrected chi connectivity index (χ0v) is 13.4. The van der Waals surface area contributed by atoms with Gasteiger partial charge in [0.25, 0.3) is 10.0 Å². The molecule has 0 aliphatic rings. The van der Waals surface area contributed by atoms with Gasteiger partial charge in [0.2, 0.25) is 0 Å². The lowest BCUT2D eigenvalue weighted by molar-refractivity contribution is 0.601. The average Bonchev–Trinajstić information content (AvgIpc) is 2.78. The fraction of sp³-hybridized carbons (Fsp3) is 0.308. The topological polar surface area (TPSA) is 90.0 Å². The molecular formula is C13H17ClN4O2S. The number of aromatic nitrogens is 2. The molecule has 1 heterocycles. The summed E-state index contributed by atoms with van der Waals surface area (Å²) in [4.78, 5) is 0.0121. The SMILES string of the molecule is CCc1nn(C)cc1NS(=O)(=O)c1cc(CN)ccc1Cl. The van der Waals surface area contributed by atoms with Crippen molar-refractivity contribution < 1.29 is 8.42 Å². The van der Waals surface area contributed by atoms with Crippen LogP contribution in [0.1, 0.15) is 18.2 Å². The van der Waals surface area contributed by atoms with Gasteiger partial charge in [-0.2, -0.15) is 5.10 Å². The largest absolute Gasteiger partial charge is 0.326 e. The van der Waals surface area contributed by atoms with Crippen LogP contribution in [0.25, 0.3) is 0 Å². The molecule has 0 atom stereocenters. The van der Waals surface area contributed by atoms with Crippen molar-refractivity contribution in [1.29, 1.82) is 0 Å². The molecule has 0 saturated heterocycles. The highest BCUT2D eigenvalue weighted by molar-refractivity contribution is 7.92. The molecule has 0 aliphatic heterocycles. The predicted octanol–water partition coefficient (Wildman–Crippen LogP) is 1.90. The first-order valence-electron chi connectivity index (χ1n) is 6.41. The van der Waals surface area contributed by atoms with Gasteiger partial charge in [-0.3, -0.25) is 9.40 Å². The number of nitrogens with zero attached hydrogens (tertiary/aromatic N) is 2. The molecule has 0 unspecified atom stereocenters. The van der Waals surface area contributed by atoms with Crippen LogP contribution in [-0.4, -0.2) is 18.2 Å². The Balaban J connectivity index is 2.42. The highest BCUT2D eigenvalue weighted by Crippen LogP contribution is 2.26. The van der Waals surface area contributed by atoms with Crippen molar-refractivity contribution >= 4 is 27.3 Å². The highest BCUT2D eigenvalue weighted by atomic mass is 35.5. The Morgan fingerprint density at radius 2 is 2.14 bits per heavy atom. The van der Waals surface area contributed by atoms with E-state index < -0.39 is 10.0 Å². The number of benzene rings is 1. The number of sulfonamides is 1. The molecule has 1 aromatic heterocycles. The van der Waals surface area contributed by atoms with E-state index in [1.54, 1.807) is 24.0 Å². The van der Waals surface area contributed by atoms with Gasteiger partial charge in [-0.1, -0.05) is 24.6 Å². The van der Waals surface area contributed by atoms with E-state index in [1.807, 2.05) is 6.92 Å². The van der Waals surface area contributed by atoms with E-state index in [2.05, 4.69) is 9.82 Å². The number of aryl methyl sites for hydroxylation is 2. The maximum Gasteiger partial charge on any atom is 0.263 e. The Labute approximate surface area is 129 Å². The molecule has 21 heavy (non-hydrogen) atoms. The van der Waals surface area contributed by atoms with E-state index in [9.17, 15) is 8.42 Å². The van der Waals surface area contributed by atoms with Crippen molar-refractivity contribution in [2.45, 2.75) is 24.8 Å². The van der Waals surface area contributed by atoms with Crippen molar-refractivity contribution in [3.05, 3.63) is 40.7 Å². The van der Waals surface area contributed by atoms with Gasteiger partial charge in [-0.05, 0) is 24.1 Å². The molecule has 0 aliphatic carbocycles. The molecule has 2 rings (SSSR count). The van der Waals surface area contributed by atoms with Crippen molar-refractivity contribution in [3.8, 4) is 0 Å². The van der Waals surface area contributed by atoms with Crippen molar-refractivity contribution in [1.82, 2.24) is 9.78 Å². The second-order valence-corrected chi connectivity index (χ2v) is 6.65. The number of nitrogens with two attached hydrogens (primary N) is 1. The quantitative estimate of drug-likeness (QED) is 0.877. The van der Waals surface area contributed by atoms with E-state index in [1.165, 1.54) is 12.1 Å². The van der Waals surface area contributed by atoms with Gasteiger partial charge < -0.3 is 5.73 Å². The average molecular weight is 329 g/mol. The number of anilines is 1. The molecule has 0 fully saturated rings. The molecule has 3 N–H and O–H groups in total. The Kier molecular flexibility index (Phi) is 4.55. The summed E-state index contributed by atoms with van der Waals surface area (Å²) in [7, 11) is -2.05. The van der Waals surface area contributed by atoms with Crippen LogP contribution in [0.5, 0.6) is 0 Å². The first-order valence-corrected chi connectivity index (χ1v) is 8.27. The second-order valence-electron chi connectivity index (χ2n) is 4.59. The minimum Gasteiger partial charge on any atom is -0.326 e. The van der Waals surface area contributed by atoms with Crippen LogP contribution in [0.4, 0.5) is 5.69 Å². The summed E-state index contributed by atoms with van der Waals surface area (Å²) in [6.45, 7) is 2.15. The highest BCUT2D eigenvalue weighted by Gasteiger charge is 2.20. The van der Waals surface area contributed by atoms with Crippen molar-refractivity contribution in [2.24, 2.45) is 12.8 Å². The van der Waals surface area contributed by atoms with Crippen molar-refractivity contribution in [2.75, 3.05) is 4.72 Å². The van der Waals surface area contributed by atoms with Crippen LogP contribution in [0.2, 0.25) is 5.02 Å². The third-order valence-corrected chi connectivity index (χ3v) is 4.85. The van der Waals surface area contributed by atoms with E-state index >= 15 is 0 Å². The summed E-state index contributed by atoms with van der Waals surface area (Å²) in [6, 6.07) is 4.71. The van der Waals surface area contributed by atoms with E-state index in [-0.39, 0.29) is 16.5 Å². The van der Waals surface area contributed by atoms with Crippen LogP contribution in [0, 0.1) is 0 Å². The van der Waals surface area contributed by atoms with Crippen molar-refractivity contribution in [3.63, 3.8) is 0 Å². The molecule has 114 valence electrons. The number of hydrogen-bond acceptors (Lipinski definition) is 4. The molecule has 0 saturated carbocycles. The van der Waals surface area contributed by atoms with Crippen LogP contribution in [0.15, 0.2) is 29.3 Å². The monoisotopic (exact) mass is 328 g/mol. The minimum absolute atomic E-state index is 0.0121. The summed E-state index contributed by atoms with van der Waals surface area (Å²) in [5, 5.41) is 4.35. The summed E-state index contributed by atoms with van der Waals surface area (Å²) in [5.41, 5.74) is 7.36. The van der Waals surface area contributed by atoms with Gasteiger partial charge in [0.05, 0.1) is 16.4 Å². The Morgan fingerprint density at radius 3 is 2.76 bits per heavy atom. The zero-order valence-electron chi connectivity index (χ0n) is 11.8. The van der Waals surface area contributed by atoms with Crippen LogP contribution >= 0.6 is 11.6 Å². The fourth-order valence-electron chi connectivity index (χ4n) is 1.96. The third kappa shape index (κ3) is 3.37. The van der Waals surface area contributed by atoms with Gasteiger partial charge in [-0.15, -0.1) is 0 Å². The summed E-state index contributed by atoms with van der Waals surface area (Å²) in [6.07, 6.45) is 2.24. The lowest BCUT2D eigenvalue weighted by atomic mass is 10.2.